The Morgan fingerprint density at radius 1 is 1.28 bits per heavy atom. The van der Waals surface area contributed by atoms with Gasteiger partial charge in [0.2, 0.25) is 0 Å². The predicted molar refractivity (Wildman–Crippen MR) is 117 cm³/mol. The van der Waals surface area contributed by atoms with E-state index in [1.165, 1.54) is 4.57 Å². The number of hydrogen-bond donors (Lipinski definition) is 1. The number of aromatic amines is 1. The van der Waals surface area contributed by atoms with E-state index in [1.807, 2.05) is 31.2 Å². The number of hydrogen-bond acceptors (Lipinski definition) is 4. The van der Waals surface area contributed by atoms with Crippen LogP contribution in [-0.4, -0.2) is 40.6 Å². The monoisotopic (exact) mass is 409 g/mol. The van der Waals surface area contributed by atoms with Crippen LogP contribution in [0.3, 0.4) is 0 Å². The molecule has 0 unspecified atom stereocenters. The standard InChI is InChI=1S/C22H23N3O3S/c1-4-11-25-21(27)18-10-7-16(14-19(18)23-22(25)29)20(26)24(3)12-13-28-17-8-5-15(2)6-9-17/h4-10,14H,1,11-13H2,2-3H3,(H,23,29). The molecule has 1 amide bonds. The van der Waals surface area contributed by atoms with Crippen LogP contribution in [0.4, 0.5) is 0 Å². The molecule has 2 aromatic carbocycles. The van der Waals surface area contributed by atoms with E-state index in [1.54, 1.807) is 36.2 Å². The molecule has 7 heteroatoms. The van der Waals surface area contributed by atoms with Gasteiger partial charge in [-0.2, -0.15) is 0 Å². The SMILES string of the molecule is C=CCn1c(=S)[nH]c2cc(C(=O)N(C)CCOc3ccc(C)cc3)ccc2c1=O. The van der Waals surface area contributed by atoms with Crippen molar-refractivity contribution in [2.24, 2.45) is 0 Å². The van der Waals surface area contributed by atoms with Gasteiger partial charge in [0.1, 0.15) is 12.4 Å². The Kier molecular flexibility index (Phi) is 6.29. The van der Waals surface area contributed by atoms with Gasteiger partial charge in [0, 0.05) is 19.2 Å². The first-order valence-corrected chi connectivity index (χ1v) is 9.64. The number of fused-ring (bicyclic) bond motifs is 1. The molecule has 1 heterocycles. The smallest absolute Gasteiger partial charge is 0.262 e. The third-order valence-corrected chi connectivity index (χ3v) is 4.93. The third kappa shape index (κ3) is 4.63. The fourth-order valence-electron chi connectivity index (χ4n) is 2.94. The number of nitrogens with zero attached hydrogens (tertiary/aromatic N) is 2. The van der Waals surface area contributed by atoms with Crippen molar-refractivity contribution < 1.29 is 9.53 Å². The fraction of sp³-hybridized carbons (Fsp3) is 0.227. The van der Waals surface area contributed by atoms with Gasteiger partial charge >= 0.3 is 0 Å². The van der Waals surface area contributed by atoms with Gasteiger partial charge in [-0.05, 0) is 49.5 Å². The maximum atomic E-state index is 12.7. The van der Waals surface area contributed by atoms with Crippen LogP contribution in [-0.2, 0) is 6.54 Å². The van der Waals surface area contributed by atoms with Crippen LogP contribution in [0.15, 0.2) is 59.9 Å². The molecule has 1 aromatic heterocycles. The van der Waals surface area contributed by atoms with Crippen molar-refractivity contribution in [1.82, 2.24) is 14.5 Å². The molecule has 0 fully saturated rings. The van der Waals surface area contributed by atoms with E-state index in [2.05, 4.69) is 11.6 Å². The van der Waals surface area contributed by atoms with Gasteiger partial charge in [0.05, 0.1) is 17.4 Å². The first kappa shape index (κ1) is 20.5. The molecule has 0 radical (unpaired) electrons. The topological polar surface area (TPSA) is 67.3 Å². The number of aromatic nitrogens is 2. The van der Waals surface area contributed by atoms with E-state index in [-0.39, 0.29) is 11.5 Å². The van der Waals surface area contributed by atoms with Crippen molar-refractivity contribution >= 4 is 29.0 Å². The Morgan fingerprint density at radius 3 is 2.69 bits per heavy atom. The van der Waals surface area contributed by atoms with Crippen LogP contribution in [0.5, 0.6) is 5.75 Å². The number of allylic oxidation sites excluding steroid dienone is 1. The number of nitrogens with one attached hydrogen (secondary N) is 1. The number of ether oxygens (including phenoxy) is 1. The van der Waals surface area contributed by atoms with Crippen molar-refractivity contribution in [3.05, 3.63) is 81.4 Å². The normalized spacial score (nSPS) is 10.7. The Labute approximate surface area is 174 Å². The highest BCUT2D eigenvalue weighted by Gasteiger charge is 2.14. The molecule has 0 aliphatic heterocycles. The summed E-state index contributed by atoms with van der Waals surface area (Å²) in [5, 5.41) is 0.474. The third-order valence-electron chi connectivity index (χ3n) is 4.60. The molecule has 6 nitrogen and oxygen atoms in total. The van der Waals surface area contributed by atoms with Gasteiger partial charge in [0.25, 0.3) is 11.5 Å². The highest BCUT2D eigenvalue weighted by Crippen LogP contribution is 2.14. The zero-order valence-electron chi connectivity index (χ0n) is 16.5. The summed E-state index contributed by atoms with van der Waals surface area (Å²) in [5.74, 6) is 0.611. The largest absolute Gasteiger partial charge is 0.492 e. The van der Waals surface area contributed by atoms with Crippen LogP contribution in [0, 0.1) is 11.7 Å². The lowest BCUT2D eigenvalue weighted by molar-refractivity contribution is 0.0774. The van der Waals surface area contributed by atoms with E-state index in [0.717, 1.165) is 11.3 Å². The second kappa shape index (κ2) is 8.87. The average molecular weight is 410 g/mol. The highest BCUT2D eigenvalue weighted by molar-refractivity contribution is 7.71. The molecule has 0 spiro atoms. The zero-order valence-corrected chi connectivity index (χ0v) is 17.3. The van der Waals surface area contributed by atoms with E-state index in [0.29, 0.717) is 40.9 Å². The van der Waals surface area contributed by atoms with Crippen molar-refractivity contribution in [2.45, 2.75) is 13.5 Å². The summed E-state index contributed by atoms with van der Waals surface area (Å²) in [6.07, 6.45) is 1.61. The number of benzene rings is 2. The number of aryl methyl sites for hydroxylation is 1. The molecule has 1 N–H and O–H groups in total. The Balaban J connectivity index is 1.73. The number of H-pyrrole nitrogens is 1. The van der Waals surface area contributed by atoms with Crippen molar-refractivity contribution in [3.63, 3.8) is 0 Å². The maximum Gasteiger partial charge on any atom is 0.262 e. The number of likely N-dealkylation sites (N-methyl/N-ethyl adjacent to an activating group) is 1. The molecule has 0 saturated carbocycles. The van der Waals surface area contributed by atoms with Crippen molar-refractivity contribution in [2.75, 3.05) is 20.2 Å². The van der Waals surface area contributed by atoms with E-state index in [9.17, 15) is 9.59 Å². The summed E-state index contributed by atoms with van der Waals surface area (Å²) in [5.41, 5.74) is 1.97. The second-order valence-electron chi connectivity index (χ2n) is 6.78. The number of carbonyl (C=O) groups is 1. The molecule has 0 atom stereocenters. The highest BCUT2D eigenvalue weighted by atomic mass is 32.1. The minimum atomic E-state index is -0.206. The Bertz CT molecular complexity index is 1160. The lowest BCUT2D eigenvalue weighted by Gasteiger charge is -2.18. The first-order valence-electron chi connectivity index (χ1n) is 9.23. The molecule has 3 rings (SSSR count). The molecule has 0 aliphatic rings. The predicted octanol–water partition coefficient (Wildman–Crippen LogP) is 3.70. The molecular weight excluding hydrogens is 386 g/mol. The first-order chi connectivity index (χ1) is 13.9. The lowest BCUT2D eigenvalue weighted by atomic mass is 10.1. The van der Waals surface area contributed by atoms with Crippen molar-refractivity contribution in [1.29, 1.82) is 0 Å². The van der Waals surface area contributed by atoms with Gasteiger partial charge in [-0.15, -0.1) is 6.58 Å². The van der Waals surface area contributed by atoms with Gasteiger partial charge in [-0.3, -0.25) is 14.2 Å². The number of rotatable bonds is 7. The van der Waals surface area contributed by atoms with Crippen LogP contribution >= 0.6 is 12.2 Å². The summed E-state index contributed by atoms with van der Waals surface area (Å²) in [6.45, 7) is 6.80. The molecule has 3 aromatic rings. The lowest BCUT2D eigenvalue weighted by Crippen LogP contribution is -2.31. The van der Waals surface area contributed by atoms with Gasteiger partial charge in [-0.1, -0.05) is 23.8 Å². The molecule has 29 heavy (non-hydrogen) atoms. The minimum absolute atomic E-state index is 0.158. The van der Waals surface area contributed by atoms with E-state index < -0.39 is 0 Å². The molecule has 150 valence electrons. The van der Waals surface area contributed by atoms with E-state index >= 15 is 0 Å². The summed E-state index contributed by atoms with van der Waals surface area (Å²) in [7, 11) is 1.72. The van der Waals surface area contributed by atoms with Gasteiger partial charge in [0.15, 0.2) is 4.77 Å². The van der Waals surface area contributed by atoms with Crippen molar-refractivity contribution in [3.8, 4) is 5.75 Å². The van der Waals surface area contributed by atoms with Crippen LogP contribution in [0.25, 0.3) is 10.9 Å². The summed E-state index contributed by atoms with van der Waals surface area (Å²) in [4.78, 5) is 29.9. The number of amides is 1. The fourth-order valence-corrected chi connectivity index (χ4v) is 3.21. The maximum absolute atomic E-state index is 12.7. The summed E-state index contributed by atoms with van der Waals surface area (Å²) < 4.78 is 7.42. The summed E-state index contributed by atoms with van der Waals surface area (Å²) in [6, 6.07) is 12.7. The average Bonchev–Trinajstić information content (AvgIpc) is 2.71. The van der Waals surface area contributed by atoms with Crippen LogP contribution in [0.2, 0.25) is 0 Å². The van der Waals surface area contributed by atoms with Gasteiger partial charge in [-0.25, -0.2) is 0 Å². The second-order valence-corrected chi connectivity index (χ2v) is 7.17. The Hall–Kier alpha value is -3.19. The van der Waals surface area contributed by atoms with Crippen LogP contribution in [0.1, 0.15) is 15.9 Å². The molecule has 0 saturated heterocycles. The zero-order chi connectivity index (χ0) is 21.0. The minimum Gasteiger partial charge on any atom is -0.492 e. The quantitative estimate of drug-likeness (QED) is 0.477. The number of carbonyl (C=O) groups excluding carboxylic acids is 1. The molecule has 0 aliphatic carbocycles. The molecule has 0 bridgehead atoms. The van der Waals surface area contributed by atoms with E-state index in [4.69, 9.17) is 17.0 Å². The van der Waals surface area contributed by atoms with Gasteiger partial charge < -0.3 is 14.6 Å². The van der Waals surface area contributed by atoms with Crippen LogP contribution < -0.4 is 10.3 Å². The Morgan fingerprint density at radius 2 is 2.00 bits per heavy atom. The summed E-state index contributed by atoms with van der Waals surface area (Å²) >= 11 is 5.25. The molecular formula is C22H23N3O3S.